The van der Waals surface area contributed by atoms with Crippen molar-refractivity contribution in [3.8, 4) is 5.75 Å². The Hall–Kier alpha value is -2.04. The van der Waals surface area contributed by atoms with E-state index in [0.717, 1.165) is 5.56 Å². The molecule has 0 aliphatic carbocycles. The highest BCUT2D eigenvalue weighted by atomic mass is 16.5. The van der Waals surface area contributed by atoms with Gasteiger partial charge in [0.1, 0.15) is 5.75 Å². The topological polar surface area (TPSA) is 49.9 Å². The van der Waals surface area contributed by atoms with Crippen LogP contribution in [0, 0.1) is 0 Å². The van der Waals surface area contributed by atoms with E-state index < -0.39 is 0 Å². The summed E-state index contributed by atoms with van der Waals surface area (Å²) in [4.78, 5) is 27.8. The lowest BCUT2D eigenvalue weighted by atomic mass is 10.1. The van der Waals surface area contributed by atoms with Gasteiger partial charge in [-0.3, -0.25) is 9.59 Å². The molecule has 1 aliphatic heterocycles. The zero-order valence-electron chi connectivity index (χ0n) is 12.8. The summed E-state index contributed by atoms with van der Waals surface area (Å²) in [5.74, 6) is 0.693. The van der Waals surface area contributed by atoms with Gasteiger partial charge in [0.15, 0.2) is 0 Å². The highest BCUT2D eigenvalue weighted by Gasteiger charge is 2.28. The van der Waals surface area contributed by atoms with Crippen molar-refractivity contribution in [1.82, 2.24) is 9.80 Å². The largest absolute Gasteiger partial charge is 0.496 e. The molecule has 0 bridgehead atoms. The van der Waals surface area contributed by atoms with Gasteiger partial charge in [-0.25, -0.2) is 0 Å². The molecule has 0 unspecified atom stereocenters. The smallest absolute Gasteiger partial charge is 0.242 e. The Morgan fingerprint density at radius 2 is 2.00 bits per heavy atom. The average molecular weight is 290 g/mol. The maximum absolute atomic E-state index is 12.4. The third-order valence-corrected chi connectivity index (χ3v) is 3.77. The van der Waals surface area contributed by atoms with Crippen molar-refractivity contribution in [1.29, 1.82) is 0 Å². The second-order valence-electron chi connectivity index (χ2n) is 5.48. The Morgan fingerprint density at radius 1 is 1.29 bits per heavy atom. The predicted octanol–water partition coefficient (Wildman–Crippen LogP) is 1.32. The molecule has 0 saturated carbocycles. The minimum absolute atomic E-state index is 0.0182. The molecule has 1 aliphatic rings. The van der Waals surface area contributed by atoms with Crippen molar-refractivity contribution >= 4 is 11.8 Å². The first-order chi connectivity index (χ1) is 10.0. The van der Waals surface area contributed by atoms with Crippen molar-refractivity contribution in [2.24, 2.45) is 0 Å². The number of nitrogens with zero attached hydrogens (tertiary/aromatic N) is 2. The molecule has 1 aromatic carbocycles. The molecule has 0 atom stereocenters. The SMILES string of the molecule is COc1ccccc1CC(=O)N1CCN(C(C)C)C(=O)C1. The number of carbonyl (C=O) groups excluding carboxylic acids is 2. The van der Waals surface area contributed by atoms with Gasteiger partial charge in [-0.1, -0.05) is 18.2 Å². The molecule has 1 saturated heterocycles. The van der Waals surface area contributed by atoms with Gasteiger partial charge in [-0.2, -0.15) is 0 Å². The molecule has 0 radical (unpaired) electrons. The molecule has 0 spiro atoms. The third-order valence-electron chi connectivity index (χ3n) is 3.77. The van der Waals surface area contributed by atoms with E-state index in [1.807, 2.05) is 43.0 Å². The molecule has 0 aromatic heterocycles. The Morgan fingerprint density at radius 3 is 2.62 bits per heavy atom. The number of hydrogen-bond donors (Lipinski definition) is 0. The quantitative estimate of drug-likeness (QED) is 0.840. The van der Waals surface area contributed by atoms with Gasteiger partial charge in [0.25, 0.3) is 0 Å². The molecule has 5 heteroatoms. The van der Waals surface area contributed by atoms with Crippen LogP contribution < -0.4 is 4.74 Å². The summed E-state index contributed by atoms with van der Waals surface area (Å²) >= 11 is 0. The van der Waals surface area contributed by atoms with Crippen molar-refractivity contribution in [3.63, 3.8) is 0 Å². The number of ether oxygens (including phenoxy) is 1. The molecule has 1 heterocycles. The van der Waals surface area contributed by atoms with Crippen molar-refractivity contribution in [2.45, 2.75) is 26.3 Å². The molecule has 2 amide bonds. The van der Waals surface area contributed by atoms with E-state index >= 15 is 0 Å². The molecule has 2 rings (SSSR count). The molecular weight excluding hydrogens is 268 g/mol. The third kappa shape index (κ3) is 3.54. The Bertz CT molecular complexity index is 528. The number of rotatable bonds is 4. The second kappa shape index (κ2) is 6.61. The average Bonchev–Trinajstić information content (AvgIpc) is 2.47. The maximum Gasteiger partial charge on any atom is 0.242 e. The Balaban J connectivity index is 2.00. The summed E-state index contributed by atoms with van der Waals surface area (Å²) in [5.41, 5.74) is 0.851. The minimum atomic E-state index is -0.0312. The predicted molar refractivity (Wildman–Crippen MR) is 80.1 cm³/mol. The van der Waals surface area contributed by atoms with Crippen LogP contribution in [0.25, 0.3) is 0 Å². The molecule has 5 nitrogen and oxygen atoms in total. The van der Waals surface area contributed by atoms with Crippen LogP contribution in [0.2, 0.25) is 0 Å². The fraction of sp³-hybridized carbons (Fsp3) is 0.500. The minimum Gasteiger partial charge on any atom is -0.496 e. The van der Waals surface area contributed by atoms with E-state index in [2.05, 4.69) is 0 Å². The molecular formula is C16H22N2O3. The normalized spacial score (nSPS) is 15.5. The van der Waals surface area contributed by atoms with Crippen molar-refractivity contribution in [3.05, 3.63) is 29.8 Å². The van der Waals surface area contributed by atoms with E-state index in [1.165, 1.54) is 0 Å². The summed E-state index contributed by atoms with van der Waals surface area (Å²) in [6.45, 7) is 5.35. The summed E-state index contributed by atoms with van der Waals surface area (Å²) in [5, 5.41) is 0. The highest BCUT2D eigenvalue weighted by molar-refractivity contribution is 5.87. The number of para-hydroxylation sites is 1. The van der Waals surface area contributed by atoms with Crippen LogP contribution in [-0.4, -0.2) is 54.4 Å². The highest BCUT2D eigenvalue weighted by Crippen LogP contribution is 2.19. The van der Waals surface area contributed by atoms with Crippen LogP contribution in [0.3, 0.4) is 0 Å². The monoisotopic (exact) mass is 290 g/mol. The molecule has 114 valence electrons. The summed E-state index contributed by atoms with van der Waals surface area (Å²) in [6, 6.07) is 7.65. The lowest BCUT2D eigenvalue weighted by molar-refractivity contribution is -0.146. The Kier molecular flexibility index (Phi) is 4.83. The van der Waals surface area contributed by atoms with Gasteiger partial charge in [0.2, 0.25) is 11.8 Å². The first-order valence-electron chi connectivity index (χ1n) is 7.22. The van der Waals surface area contributed by atoms with E-state index in [0.29, 0.717) is 18.8 Å². The number of hydrogen-bond acceptors (Lipinski definition) is 3. The number of piperazine rings is 1. The van der Waals surface area contributed by atoms with Gasteiger partial charge in [-0.15, -0.1) is 0 Å². The van der Waals surface area contributed by atoms with Crippen LogP contribution in [0.4, 0.5) is 0 Å². The molecule has 1 fully saturated rings. The van der Waals surface area contributed by atoms with Crippen molar-refractivity contribution in [2.75, 3.05) is 26.7 Å². The number of benzene rings is 1. The number of amides is 2. The zero-order chi connectivity index (χ0) is 15.4. The molecule has 1 aromatic rings. The first-order valence-corrected chi connectivity index (χ1v) is 7.22. The van der Waals surface area contributed by atoms with E-state index in [4.69, 9.17) is 4.74 Å². The van der Waals surface area contributed by atoms with E-state index in [9.17, 15) is 9.59 Å². The van der Waals surface area contributed by atoms with Gasteiger partial charge >= 0.3 is 0 Å². The number of carbonyl (C=O) groups is 2. The molecule has 21 heavy (non-hydrogen) atoms. The Labute approximate surface area is 125 Å². The van der Waals surface area contributed by atoms with Crippen LogP contribution in [0.1, 0.15) is 19.4 Å². The van der Waals surface area contributed by atoms with Crippen LogP contribution in [0.5, 0.6) is 5.75 Å². The number of methoxy groups -OCH3 is 1. The zero-order valence-corrected chi connectivity index (χ0v) is 12.8. The lowest BCUT2D eigenvalue weighted by Gasteiger charge is -2.36. The summed E-state index contributed by atoms with van der Waals surface area (Å²) in [7, 11) is 1.59. The van der Waals surface area contributed by atoms with Gasteiger partial charge < -0.3 is 14.5 Å². The first kappa shape index (κ1) is 15.4. The summed E-state index contributed by atoms with van der Waals surface area (Å²) < 4.78 is 5.26. The van der Waals surface area contributed by atoms with E-state index in [1.54, 1.807) is 12.0 Å². The van der Waals surface area contributed by atoms with Crippen LogP contribution >= 0.6 is 0 Å². The van der Waals surface area contributed by atoms with Crippen LogP contribution in [-0.2, 0) is 16.0 Å². The van der Waals surface area contributed by atoms with Crippen molar-refractivity contribution < 1.29 is 14.3 Å². The van der Waals surface area contributed by atoms with Gasteiger partial charge in [0, 0.05) is 24.7 Å². The summed E-state index contributed by atoms with van der Waals surface area (Å²) in [6.07, 6.45) is 0.263. The fourth-order valence-electron chi connectivity index (χ4n) is 2.57. The molecule has 0 N–H and O–H groups in total. The van der Waals surface area contributed by atoms with Gasteiger partial charge in [-0.05, 0) is 19.9 Å². The van der Waals surface area contributed by atoms with Gasteiger partial charge in [0.05, 0.1) is 20.1 Å². The fourth-order valence-corrected chi connectivity index (χ4v) is 2.57. The van der Waals surface area contributed by atoms with E-state index in [-0.39, 0.29) is 30.8 Å². The second-order valence-corrected chi connectivity index (χ2v) is 5.48. The van der Waals surface area contributed by atoms with Crippen LogP contribution in [0.15, 0.2) is 24.3 Å². The standard InChI is InChI=1S/C16H22N2O3/c1-12(2)18-9-8-17(11-16(18)20)15(19)10-13-6-4-5-7-14(13)21-3/h4-7,12H,8-11H2,1-3H3. The maximum atomic E-state index is 12.4. The lowest BCUT2D eigenvalue weighted by Crippen LogP contribution is -2.54.